The van der Waals surface area contributed by atoms with Gasteiger partial charge in [-0.15, -0.1) is 0 Å². The number of benzene rings is 1. The molecule has 1 amide bonds. The lowest BCUT2D eigenvalue weighted by atomic mass is 10.2. The second-order valence-electron chi connectivity index (χ2n) is 4.23. The Morgan fingerprint density at radius 1 is 1.50 bits per heavy atom. The minimum Gasteiger partial charge on any atom is -0.497 e. The molecule has 0 bridgehead atoms. The lowest BCUT2D eigenvalue weighted by Gasteiger charge is -2.14. The SMILES string of the molecule is CCC(SC1=NCCS1)C(=O)Nc1ccc(OC)cc1. The monoisotopic (exact) mass is 310 g/mol. The van der Waals surface area contributed by atoms with Crippen molar-refractivity contribution in [2.45, 2.75) is 18.6 Å². The van der Waals surface area contributed by atoms with Crippen LogP contribution in [0.5, 0.6) is 5.75 Å². The van der Waals surface area contributed by atoms with Crippen LogP contribution >= 0.6 is 23.5 Å². The number of methoxy groups -OCH3 is 1. The number of carbonyl (C=O) groups excluding carboxylic acids is 1. The van der Waals surface area contributed by atoms with Gasteiger partial charge in [-0.25, -0.2) is 0 Å². The highest BCUT2D eigenvalue weighted by Gasteiger charge is 2.21. The third-order valence-electron chi connectivity index (χ3n) is 2.82. The normalized spacial score (nSPS) is 15.6. The van der Waals surface area contributed by atoms with E-state index in [1.54, 1.807) is 30.6 Å². The molecule has 1 aromatic rings. The first kappa shape index (κ1) is 15.3. The Labute approximate surface area is 127 Å². The summed E-state index contributed by atoms with van der Waals surface area (Å²) >= 11 is 3.29. The molecule has 1 aromatic carbocycles. The molecule has 2 rings (SSSR count). The predicted molar refractivity (Wildman–Crippen MR) is 88.1 cm³/mol. The van der Waals surface area contributed by atoms with Gasteiger partial charge < -0.3 is 10.1 Å². The zero-order chi connectivity index (χ0) is 14.4. The molecule has 0 saturated heterocycles. The summed E-state index contributed by atoms with van der Waals surface area (Å²) in [6.07, 6.45) is 0.784. The summed E-state index contributed by atoms with van der Waals surface area (Å²) in [7, 11) is 1.62. The van der Waals surface area contributed by atoms with Gasteiger partial charge in [-0.2, -0.15) is 0 Å². The van der Waals surface area contributed by atoms with Crippen LogP contribution in [0, 0.1) is 0 Å². The fourth-order valence-corrected chi connectivity index (χ4v) is 3.88. The Morgan fingerprint density at radius 3 is 2.80 bits per heavy atom. The first-order valence-corrected chi connectivity index (χ1v) is 8.38. The van der Waals surface area contributed by atoms with Crippen LogP contribution in [0.25, 0.3) is 0 Å². The number of anilines is 1. The maximum atomic E-state index is 12.3. The fourth-order valence-electron chi connectivity index (χ4n) is 1.73. The van der Waals surface area contributed by atoms with Crippen molar-refractivity contribution < 1.29 is 9.53 Å². The van der Waals surface area contributed by atoms with Gasteiger partial charge in [0.25, 0.3) is 0 Å². The van der Waals surface area contributed by atoms with E-state index in [0.717, 1.165) is 34.5 Å². The molecule has 6 heteroatoms. The molecular formula is C14H18N2O2S2. The average Bonchev–Trinajstić information content (AvgIpc) is 2.98. The minimum atomic E-state index is -0.0959. The van der Waals surface area contributed by atoms with E-state index in [1.807, 2.05) is 31.2 Å². The van der Waals surface area contributed by atoms with E-state index < -0.39 is 0 Å². The van der Waals surface area contributed by atoms with Gasteiger partial charge in [-0.1, -0.05) is 30.4 Å². The number of nitrogens with one attached hydrogen (secondary N) is 1. The molecule has 4 nitrogen and oxygen atoms in total. The van der Waals surface area contributed by atoms with E-state index in [9.17, 15) is 4.79 Å². The topological polar surface area (TPSA) is 50.7 Å². The number of nitrogens with zero attached hydrogens (tertiary/aromatic N) is 1. The van der Waals surface area contributed by atoms with Crippen molar-refractivity contribution in [3.8, 4) is 5.75 Å². The van der Waals surface area contributed by atoms with Crippen LogP contribution in [0.1, 0.15) is 13.3 Å². The Bertz CT molecular complexity index is 488. The first-order chi connectivity index (χ1) is 9.72. The summed E-state index contributed by atoms with van der Waals surface area (Å²) < 4.78 is 6.13. The van der Waals surface area contributed by atoms with Crippen molar-refractivity contribution >= 4 is 39.5 Å². The standard InChI is InChI=1S/C14H18N2O2S2/c1-3-12(20-14-15-8-9-19-14)13(17)16-10-4-6-11(18-2)7-5-10/h4-7,12H,3,8-9H2,1-2H3,(H,16,17). The van der Waals surface area contributed by atoms with Crippen molar-refractivity contribution in [1.82, 2.24) is 0 Å². The van der Waals surface area contributed by atoms with E-state index >= 15 is 0 Å². The van der Waals surface area contributed by atoms with Crippen LogP contribution in [0.3, 0.4) is 0 Å². The quantitative estimate of drug-likeness (QED) is 0.907. The lowest BCUT2D eigenvalue weighted by molar-refractivity contribution is -0.115. The Morgan fingerprint density at radius 2 is 2.25 bits per heavy atom. The third-order valence-corrected chi connectivity index (χ3v) is 5.39. The van der Waals surface area contributed by atoms with E-state index in [1.165, 1.54) is 0 Å². The number of hydrogen-bond acceptors (Lipinski definition) is 5. The predicted octanol–water partition coefficient (Wildman–Crippen LogP) is 3.25. The van der Waals surface area contributed by atoms with Gasteiger partial charge >= 0.3 is 0 Å². The van der Waals surface area contributed by atoms with Crippen LogP contribution in [-0.2, 0) is 4.79 Å². The maximum absolute atomic E-state index is 12.3. The van der Waals surface area contributed by atoms with Crippen LogP contribution < -0.4 is 10.1 Å². The number of aliphatic imine (C=N–C) groups is 1. The lowest BCUT2D eigenvalue weighted by Crippen LogP contribution is -2.25. The van der Waals surface area contributed by atoms with Gasteiger partial charge in [0.05, 0.1) is 18.9 Å². The zero-order valence-corrected chi connectivity index (χ0v) is 13.2. The summed E-state index contributed by atoms with van der Waals surface area (Å²) in [5, 5.41) is 2.84. The number of ether oxygens (including phenoxy) is 1. The second-order valence-corrected chi connectivity index (χ2v) is 6.76. The first-order valence-electron chi connectivity index (χ1n) is 6.51. The number of amides is 1. The van der Waals surface area contributed by atoms with Gasteiger partial charge in [0.2, 0.25) is 5.91 Å². The average molecular weight is 310 g/mol. The highest BCUT2D eigenvalue weighted by atomic mass is 32.2. The van der Waals surface area contributed by atoms with Crippen LogP contribution in [0.2, 0.25) is 0 Å². The minimum absolute atomic E-state index is 0.0258. The molecule has 0 fully saturated rings. The summed E-state index contributed by atoms with van der Waals surface area (Å²) in [4.78, 5) is 16.6. The van der Waals surface area contributed by atoms with Gasteiger partial charge in [-0.3, -0.25) is 9.79 Å². The molecule has 1 aliphatic rings. The van der Waals surface area contributed by atoms with Crippen molar-refractivity contribution in [1.29, 1.82) is 0 Å². The van der Waals surface area contributed by atoms with E-state index in [4.69, 9.17) is 4.74 Å². The molecule has 1 aliphatic heterocycles. The molecule has 0 saturated carbocycles. The van der Waals surface area contributed by atoms with Gasteiger partial charge in [0.1, 0.15) is 10.1 Å². The molecule has 1 heterocycles. The maximum Gasteiger partial charge on any atom is 0.237 e. The summed E-state index contributed by atoms with van der Waals surface area (Å²) in [5.41, 5.74) is 0.788. The number of hydrogen-bond donors (Lipinski definition) is 1. The van der Waals surface area contributed by atoms with Gasteiger partial charge in [-0.05, 0) is 30.7 Å². The van der Waals surface area contributed by atoms with E-state index in [2.05, 4.69) is 10.3 Å². The Kier molecular flexibility index (Phi) is 5.79. The number of rotatable bonds is 5. The van der Waals surface area contributed by atoms with E-state index in [-0.39, 0.29) is 11.2 Å². The number of carbonyl (C=O) groups is 1. The van der Waals surface area contributed by atoms with Crippen LogP contribution in [0.15, 0.2) is 29.3 Å². The highest BCUT2D eigenvalue weighted by Crippen LogP contribution is 2.28. The van der Waals surface area contributed by atoms with Crippen LogP contribution in [-0.4, -0.2) is 34.9 Å². The van der Waals surface area contributed by atoms with Gasteiger partial charge in [0, 0.05) is 11.4 Å². The second kappa shape index (κ2) is 7.59. The summed E-state index contributed by atoms with van der Waals surface area (Å²) in [5.74, 6) is 1.83. The Balaban J connectivity index is 1.93. The van der Waals surface area contributed by atoms with E-state index in [0.29, 0.717) is 0 Å². The molecular weight excluding hydrogens is 292 g/mol. The fraction of sp³-hybridized carbons (Fsp3) is 0.429. The van der Waals surface area contributed by atoms with Crippen molar-refractivity contribution in [3.63, 3.8) is 0 Å². The molecule has 0 aliphatic carbocycles. The molecule has 1 unspecified atom stereocenters. The zero-order valence-electron chi connectivity index (χ0n) is 11.6. The van der Waals surface area contributed by atoms with Crippen LogP contribution in [0.4, 0.5) is 5.69 Å². The summed E-state index contributed by atoms with van der Waals surface area (Å²) in [6, 6.07) is 7.35. The number of thioether (sulfide) groups is 2. The molecule has 1 atom stereocenters. The Hall–Kier alpha value is -1.14. The van der Waals surface area contributed by atoms with Crippen molar-refractivity contribution in [2.75, 3.05) is 24.7 Å². The molecule has 108 valence electrons. The third kappa shape index (κ3) is 4.18. The van der Waals surface area contributed by atoms with Gasteiger partial charge in [0.15, 0.2) is 0 Å². The molecule has 0 spiro atoms. The molecule has 1 N–H and O–H groups in total. The summed E-state index contributed by atoms with van der Waals surface area (Å²) in [6.45, 7) is 2.88. The molecule has 0 aromatic heterocycles. The molecule has 0 radical (unpaired) electrons. The largest absolute Gasteiger partial charge is 0.497 e. The highest BCUT2D eigenvalue weighted by molar-refractivity contribution is 8.39. The smallest absolute Gasteiger partial charge is 0.237 e. The molecule has 20 heavy (non-hydrogen) atoms. The van der Waals surface area contributed by atoms with Crippen molar-refractivity contribution in [3.05, 3.63) is 24.3 Å². The van der Waals surface area contributed by atoms with Crippen molar-refractivity contribution in [2.24, 2.45) is 4.99 Å².